The molecule has 11 heteroatoms. The summed E-state index contributed by atoms with van der Waals surface area (Å²) in [6.07, 6.45) is 1.08. The Balaban J connectivity index is 1.95. The van der Waals surface area contributed by atoms with Crippen molar-refractivity contribution in [2.45, 2.75) is 11.3 Å². The molecular formula is C14H13BrF2N4O3S. The van der Waals surface area contributed by atoms with Gasteiger partial charge in [0.15, 0.2) is 0 Å². The first-order chi connectivity index (χ1) is 11.7. The van der Waals surface area contributed by atoms with Crippen LogP contribution in [0.1, 0.15) is 6.42 Å². The first-order valence-electron chi connectivity index (χ1n) is 6.84. The van der Waals surface area contributed by atoms with Crippen LogP contribution >= 0.6 is 15.9 Å². The standard InChI is InChI=1S/C14H13BrF2N4O3S/c15-8-5-12(14(18)19-7-8)25(23,24)20-4-3-13(22)21-11-2-1-9(16)6-10(11)17/h1-2,5-7,20H,3-4H2,(H2,18,19)(H,21,22). The second-order valence-electron chi connectivity index (χ2n) is 4.86. The maximum absolute atomic E-state index is 13.4. The van der Waals surface area contributed by atoms with Crippen LogP contribution in [0, 0.1) is 11.6 Å². The van der Waals surface area contributed by atoms with E-state index in [2.05, 4.69) is 31.0 Å². The molecule has 0 atom stereocenters. The van der Waals surface area contributed by atoms with Gasteiger partial charge in [-0.25, -0.2) is 26.9 Å². The van der Waals surface area contributed by atoms with E-state index in [0.29, 0.717) is 10.5 Å². The van der Waals surface area contributed by atoms with Gasteiger partial charge in [0.05, 0.1) is 5.69 Å². The van der Waals surface area contributed by atoms with Gasteiger partial charge >= 0.3 is 0 Å². The Morgan fingerprint density at radius 2 is 2.00 bits per heavy atom. The highest BCUT2D eigenvalue weighted by Crippen LogP contribution is 2.20. The van der Waals surface area contributed by atoms with E-state index in [9.17, 15) is 22.0 Å². The average Bonchev–Trinajstić information content (AvgIpc) is 2.52. The quantitative estimate of drug-likeness (QED) is 0.643. The monoisotopic (exact) mass is 434 g/mol. The summed E-state index contributed by atoms with van der Waals surface area (Å²) >= 11 is 3.09. The summed E-state index contributed by atoms with van der Waals surface area (Å²) in [5, 5.41) is 2.22. The van der Waals surface area contributed by atoms with Crippen LogP contribution in [0.15, 0.2) is 39.8 Å². The first kappa shape index (κ1) is 19.2. The molecule has 0 aliphatic heterocycles. The summed E-state index contributed by atoms with van der Waals surface area (Å²) in [5.41, 5.74) is 5.34. The highest BCUT2D eigenvalue weighted by atomic mass is 79.9. The van der Waals surface area contributed by atoms with Crippen LogP contribution in [0.5, 0.6) is 0 Å². The van der Waals surface area contributed by atoms with Gasteiger partial charge in [-0.2, -0.15) is 0 Å². The lowest BCUT2D eigenvalue weighted by atomic mass is 10.3. The molecule has 7 nitrogen and oxygen atoms in total. The number of pyridine rings is 1. The Bertz CT molecular complexity index is 909. The molecule has 0 fully saturated rings. The lowest BCUT2D eigenvalue weighted by Gasteiger charge is -2.09. The molecule has 1 amide bonds. The maximum Gasteiger partial charge on any atom is 0.244 e. The van der Waals surface area contributed by atoms with Crippen LogP contribution in [0.4, 0.5) is 20.3 Å². The van der Waals surface area contributed by atoms with Crippen LogP contribution in [0.2, 0.25) is 0 Å². The molecule has 0 radical (unpaired) electrons. The lowest BCUT2D eigenvalue weighted by molar-refractivity contribution is -0.116. The van der Waals surface area contributed by atoms with Crippen molar-refractivity contribution < 1.29 is 22.0 Å². The number of anilines is 2. The molecule has 1 aromatic carbocycles. The van der Waals surface area contributed by atoms with Gasteiger partial charge in [-0.15, -0.1) is 0 Å². The number of benzene rings is 1. The smallest absolute Gasteiger partial charge is 0.244 e. The summed E-state index contributed by atoms with van der Waals surface area (Å²) < 4.78 is 53.2. The Kier molecular flexibility index (Phi) is 6.03. The summed E-state index contributed by atoms with van der Waals surface area (Å²) in [6.45, 7) is -0.247. The SMILES string of the molecule is Nc1ncc(Br)cc1S(=O)(=O)NCCC(=O)Nc1ccc(F)cc1F. The number of nitrogens with two attached hydrogens (primary N) is 1. The number of aromatic nitrogens is 1. The number of rotatable bonds is 6. The number of carbonyl (C=O) groups excluding carboxylic acids is 1. The molecule has 2 rings (SSSR count). The predicted octanol–water partition coefficient (Wildman–Crippen LogP) is 2.01. The van der Waals surface area contributed by atoms with Gasteiger partial charge in [-0.1, -0.05) is 0 Å². The Morgan fingerprint density at radius 1 is 1.28 bits per heavy atom. The number of amides is 1. The van der Waals surface area contributed by atoms with E-state index in [4.69, 9.17) is 5.73 Å². The fraction of sp³-hybridized carbons (Fsp3) is 0.143. The molecule has 2 aromatic rings. The van der Waals surface area contributed by atoms with E-state index in [1.165, 1.54) is 12.3 Å². The van der Waals surface area contributed by atoms with Gasteiger partial charge in [0.2, 0.25) is 15.9 Å². The van der Waals surface area contributed by atoms with Crippen molar-refractivity contribution in [2.75, 3.05) is 17.6 Å². The van der Waals surface area contributed by atoms with E-state index < -0.39 is 27.6 Å². The Labute approximate surface area is 150 Å². The minimum Gasteiger partial charge on any atom is -0.383 e. The van der Waals surface area contributed by atoms with Crippen LogP contribution in [-0.4, -0.2) is 25.9 Å². The van der Waals surface area contributed by atoms with Gasteiger partial charge in [0.25, 0.3) is 0 Å². The Morgan fingerprint density at radius 3 is 2.68 bits per heavy atom. The molecule has 0 aliphatic carbocycles. The average molecular weight is 435 g/mol. The normalized spacial score (nSPS) is 11.3. The number of sulfonamides is 1. The number of nitrogens with zero attached hydrogens (tertiary/aromatic N) is 1. The zero-order valence-corrected chi connectivity index (χ0v) is 15.0. The highest BCUT2D eigenvalue weighted by molar-refractivity contribution is 9.10. The zero-order valence-electron chi connectivity index (χ0n) is 12.6. The molecule has 0 unspecified atom stereocenters. The van der Waals surface area contributed by atoms with Crippen molar-refractivity contribution in [1.29, 1.82) is 0 Å². The number of carbonyl (C=O) groups is 1. The van der Waals surface area contributed by atoms with Crippen LogP contribution < -0.4 is 15.8 Å². The molecule has 0 aliphatic rings. The molecule has 1 heterocycles. The van der Waals surface area contributed by atoms with Crippen LogP contribution in [-0.2, 0) is 14.8 Å². The lowest BCUT2D eigenvalue weighted by Crippen LogP contribution is -2.28. The summed E-state index contributed by atoms with van der Waals surface area (Å²) in [6, 6.07) is 3.96. The van der Waals surface area contributed by atoms with Gasteiger partial charge in [0, 0.05) is 29.7 Å². The number of nitrogens with one attached hydrogen (secondary N) is 2. The van der Waals surface area contributed by atoms with Crippen molar-refractivity contribution in [1.82, 2.24) is 9.71 Å². The molecule has 0 saturated carbocycles. The molecule has 0 bridgehead atoms. The fourth-order valence-electron chi connectivity index (χ4n) is 1.83. The van der Waals surface area contributed by atoms with E-state index >= 15 is 0 Å². The van der Waals surface area contributed by atoms with E-state index in [1.807, 2.05) is 0 Å². The van der Waals surface area contributed by atoms with Crippen molar-refractivity contribution in [3.8, 4) is 0 Å². The van der Waals surface area contributed by atoms with Crippen molar-refractivity contribution in [3.63, 3.8) is 0 Å². The fourth-order valence-corrected chi connectivity index (χ4v) is 3.45. The second kappa shape index (κ2) is 7.85. The van der Waals surface area contributed by atoms with Gasteiger partial charge in [0.1, 0.15) is 22.3 Å². The summed E-state index contributed by atoms with van der Waals surface area (Å²) in [7, 11) is -3.97. The Hall–Kier alpha value is -2.11. The summed E-state index contributed by atoms with van der Waals surface area (Å²) in [4.78, 5) is 15.2. The highest BCUT2D eigenvalue weighted by Gasteiger charge is 2.19. The van der Waals surface area contributed by atoms with Crippen molar-refractivity contribution >= 4 is 43.4 Å². The zero-order chi connectivity index (χ0) is 18.6. The number of hydrogen-bond donors (Lipinski definition) is 3. The number of halogens is 3. The van der Waals surface area contributed by atoms with E-state index in [-0.39, 0.29) is 29.4 Å². The van der Waals surface area contributed by atoms with Crippen molar-refractivity contribution in [3.05, 3.63) is 46.6 Å². The van der Waals surface area contributed by atoms with Gasteiger partial charge in [-0.3, -0.25) is 4.79 Å². The van der Waals surface area contributed by atoms with E-state index in [1.54, 1.807) is 0 Å². The molecule has 1 aromatic heterocycles. The molecule has 0 spiro atoms. The minimum atomic E-state index is -3.97. The van der Waals surface area contributed by atoms with Crippen LogP contribution in [0.25, 0.3) is 0 Å². The minimum absolute atomic E-state index is 0.187. The molecule has 25 heavy (non-hydrogen) atoms. The number of nitrogen functional groups attached to an aromatic ring is 1. The first-order valence-corrected chi connectivity index (χ1v) is 9.12. The molecule has 0 saturated heterocycles. The second-order valence-corrected chi connectivity index (χ2v) is 7.51. The molecular weight excluding hydrogens is 422 g/mol. The largest absolute Gasteiger partial charge is 0.383 e. The van der Waals surface area contributed by atoms with Gasteiger partial charge in [-0.05, 0) is 34.1 Å². The van der Waals surface area contributed by atoms with Crippen LogP contribution in [0.3, 0.4) is 0 Å². The topological polar surface area (TPSA) is 114 Å². The third-order valence-electron chi connectivity index (χ3n) is 2.99. The number of hydrogen-bond acceptors (Lipinski definition) is 5. The van der Waals surface area contributed by atoms with E-state index in [0.717, 1.165) is 12.1 Å². The van der Waals surface area contributed by atoms with Crippen molar-refractivity contribution in [2.24, 2.45) is 0 Å². The molecule has 134 valence electrons. The molecule has 4 N–H and O–H groups in total. The third kappa shape index (κ3) is 5.18. The third-order valence-corrected chi connectivity index (χ3v) is 4.91. The summed E-state index contributed by atoms with van der Waals surface area (Å²) in [5.74, 6) is -2.53. The predicted molar refractivity (Wildman–Crippen MR) is 91.1 cm³/mol. The maximum atomic E-state index is 13.4. The van der Waals surface area contributed by atoms with Gasteiger partial charge < -0.3 is 11.1 Å².